The average molecular weight is 315 g/mol. The van der Waals surface area contributed by atoms with Gasteiger partial charge in [0.05, 0.1) is 4.92 Å². The van der Waals surface area contributed by atoms with Gasteiger partial charge in [-0.15, -0.1) is 5.10 Å². The molecular formula is C11H9N9O3. The molecule has 2 N–H and O–H groups in total. The number of non-ortho nitro benzene ring substituents is 1. The van der Waals surface area contributed by atoms with Gasteiger partial charge in [0, 0.05) is 17.7 Å². The minimum Gasteiger partial charge on any atom is -0.280 e. The second kappa shape index (κ2) is 5.59. The zero-order valence-corrected chi connectivity index (χ0v) is 11.7. The number of tetrazole rings is 1. The van der Waals surface area contributed by atoms with Gasteiger partial charge < -0.3 is 0 Å². The summed E-state index contributed by atoms with van der Waals surface area (Å²) in [5, 5.41) is 25.3. The number of hydrogen-bond acceptors (Lipinski definition) is 9. The summed E-state index contributed by atoms with van der Waals surface area (Å²) in [6.45, 7) is 1.66. The average Bonchev–Trinajstić information content (AvgIpc) is 2.99. The van der Waals surface area contributed by atoms with Crippen molar-refractivity contribution in [3.63, 3.8) is 0 Å². The van der Waals surface area contributed by atoms with E-state index in [1.165, 1.54) is 24.3 Å². The van der Waals surface area contributed by atoms with E-state index in [1.54, 1.807) is 6.92 Å². The maximum Gasteiger partial charge on any atom is 0.293 e. The highest BCUT2D eigenvalue weighted by molar-refractivity contribution is 5.95. The van der Waals surface area contributed by atoms with Gasteiger partial charge in [-0.05, 0) is 29.5 Å². The molecule has 0 aliphatic rings. The first-order valence-corrected chi connectivity index (χ1v) is 6.28. The number of aromatic nitrogens is 6. The lowest BCUT2D eigenvalue weighted by molar-refractivity contribution is -0.384. The van der Waals surface area contributed by atoms with Crippen LogP contribution in [-0.4, -0.2) is 41.1 Å². The van der Waals surface area contributed by atoms with Crippen LogP contribution in [0, 0.1) is 17.0 Å². The van der Waals surface area contributed by atoms with Crippen molar-refractivity contribution >= 4 is 23.2 Å². The van der Waals surface area contributed by atoms with Gasteiger partial charge in [-0.25, -0.2) is 0 Å². The standard InChI is InChI=1S/C11H9N9O3/c1-6-9(12-11-15-17-18-19(11)16-6)13-14-10(21)7-2-4-8(5-3-7)20(22)23/h2-5H,1H3,(H,14,21)(H,12,13,15,18). The van der Waals surface area contributed by atoms with Crippen LogP contribution >= 0.6 is 0 Å². The number of nitrogens with zero attached hydrogens (tertiary/aromatic N) is 7. The molecule has 0 aliphatic heterocycles. The van der Waals surface area contributed by atoms with Crippen molar-refractivity contribution in [2.24, 2.45) is 0 Å². The molecule has 3 aromatic rings. The van der Waals surface area contributed by atoms with E-state index >= 15 is 0 Å². The smallest absolute Gasteiger partial charge is 0.280 e. The Bertz CT molecular complexity index is 889. The lowest BCUT2D eigenvalue weighted by Gasteiger charge is -2.09. The predicted molar refractivity (Wildman–Crippen MR) is 75.3 cm³/mol. The first-order valence-electron chi connectivity index (χ1n) is 6.28. The Balaban J connectivity index is 1.72. The molecule has 3 rings (SSSR count). The molecule has 0 radical (unpaired) electrons. The van der Waals surface area contributed by atoms with E-state index in [1.807, 2.05) is 0 Å². The quantitative estimate of drug-likeness (QED) is 0.495. The molecule has 0 bridgehead atoms. The van der Waals surface area contributed by atoms with Crippen LogP contribution in [0.5, 0.6) is 0 Å². The third kappa shape index (κ3) is 2.85. The molecule has 1 amide bonds. The van der Waals surface area contributed by atoms with Crippen LogP contribution in [0.2, 0.25) is 0 Å². The number of rotatable bonds is 4. The van der Waals surface area contributed by atoms with E-state index in [2.05, 4.69) is 36.5 Å². The number of nitrogens with one attached hydrogen (secondary N) is 2. The summed E-state index contributed by atoms with van der Waals surface area (Å²) < 4.78 is 1.15. The fourth-order valence-electron chi connectivity index (χ4n) is 1.72. The topological polar surface area (TPSA) is 153 Å². The van der Waals surface area contributed by atoms with Gasteiger partial charge in [0.2, 0.25) is 0 Å². The molecule has 0 saturated heterocycles. The van der Waals surface area contributed by atoms with Crippen molar-refractivity contribution in [2.75, 3.05) is 5.43 Å². The van der Waals surface area contributed by atoms with E-state index < -0.39 is 10.8 Å². The van der Waals surface area contributed by atoms with Gasteiger partial charge in [-0.3, -0.25) is 25.8 Å². The second-order valence-electron chi connectivity index (χ2n) is 4.40. The number of fused-ring (bicyclic) bond motifs is 1. The molecule has 0 saturated carbocycles. The molecule has 2 heterocycles. The highest BCUT2D eigenvalue weighted by atomic mass is 16.6. The van der Waals surface area contributed by atoms with Crippen molar-refractivity contribution in [1.82, 2.24) is 35.7 Å². The summed E-state index contributed by atoms with van der Waals surface area (Å²) in [7, 11) is 0. The Kier molecular flexibility index (Phi) is 3.46. The summed E-state index contributed by atoms with van der Waals surface area (Å²) in [5.74, 6) is -0.0363. The van der Waals surface area contributed by atoms with Crippen molar-refractivity contribution in [1.29, 1.82) is 0 Å². The van der Waals surface area contributed by atoms with Crippen LogP contribution in [0.1, 0.15) is 16.1 Å². The summed E-state index contributed by atoms with van der Waals surface area (Å²) >= 11 is 0. The molecule has 2 aromatic heterocycles. The fraction of sp³-hybridized carbons (Fsp3) is 0.0909. The Morgan fingerprint density at radius 3 is 2.74 bits per heavy atom. The van der Waals surface area contributed by atoms with Gasteiger partial charge in [0.1, 0.15) is 5.69 Å². The Labute approximate surface area is 127 Å². The highest BCUT2D eigenvalue weighted by Gasteiger charge is 2.11. The van der Waals surface area contributed by atoms with Crippen LogP contribution in [0.25, 0.3) is 5.78 Å². The third-order valence-corrected chi connectivity index (χ3v) is 2.87. The van der Waals surface area contributed by atoms with Crippen LogP contribution in [-0.2, 0) is 0 Å². The molecule has 12 nitrogen and oxygen atoms in total. The summed E-state index contributed by atoms with van der Waals surface area (Å²) in [6, 6.07) is 5.18. The third-order valence-electron chi connectivity index (χ3n) is 2.87. The van der Waals surface area contributed by atoms with Crippen molar-refractivity contribution in [2.45, 2.75) is 6.92 Å². The fourth-order valence-corrected chi connectivity index (χ4v) is 1.72. The van der Waals surface area contributed by atoms with E-state index in [4.69, 9.17) is 0 Å². The summed E-state index contributed by atoms with van der Waals surface area (Å²) in [5.41, 5.74) is 5.66. The molecule has 0 fully saturated rings. The molecule has 1 aromatic carbocycles. The zero-order valence-electron chi connectivity index (χ0n) is 11.7. The van der Waals surface area contributed by atoms with Gasteiger partial charge >= 0.3 is 0 Å². The summed E-state index contributed by atoms with van der Waals surface area (Å²) in [6.07, 6.45) is 0. The number of hydrogen-bond donors (Lipinski definition) is 2. The maximum absolute atomic E-state index is 12.0. The SMILES string of the molecule is Cc1nn2nnnc2nc1NNC(=O)c1ccc([N+](=O)[O-])cc1. The van der Waals surface area contributed by atoms with Gasteiger partial charge in [-0.2, -0.15) is 4.98 Å². The number of anilines is 1. The van der Waals surface area contributed by atoms with E-state index in [0.29, 0.717) is 5.69 Å². The first-order chi connectivity index (χ1) is 11.0. The van der Waals surface area contributed by atoms with Crippen LogP contribution < -0.4 is 10.9 Å². The number of amides is 1. The zero-order chi connectivity index (χ0) is 16.4. The Hall–Kier alpha value is -3.70. The minimum atomic E-state index is -0.541. The summed E-state index contributed by atoms with van der Waals surface area (Å²) in [4.78, 5) is 26.1. The Morgan fingerprint density at radius 1 is 1.30 bits per heavy atom. The van der Waals surface area contributed by atoms with Crippen LogP contribution in [0.3, 0.4) is 0 Å². The van der Waals surface area contributed by atoms with Crippen LogP contribution in [0.4, 0.5) is 11.5 Å². The molecule has 0 atom stereocenters. The van der Waals surface area contributed by atoms with Gasteiger partial charge in [-0.1, -0.05) is 9.73 Å². The molecule has 0 spiro atoms. The van der Waals surface area contributed by atoms with Crippen molar-refractivity contribution in [3.8, 4) is 0 Å². The number of aryl methyl sites for hydroxylation is 1. The lowest BCUT2D eigenvalue weighted by Crippen LogP contribution is -2.30. The van der Waals surface area contributed by atoms with Gasteiger partial charge in [0.25, 0.3) is 17.4 Å². The number of carbonyl (C=O) groups excluding carboxylic acids is 1. The normalized spacial score (nSPS) is 10.5. The van der Waals surface area contributed by atoms with Crippen molar-refractivity contribution < 1.29 is 9.72 Å². The monoisotopic (exact) mass is 315 g/mol. The largest absolute Gasteiger partial charge is 0.293 e. The molecule has 23 heavy (non-hydrogen) atoms. The predicted octanol–water partition coefficient (Wildman–Crippen LogP) is -0.112. The lowest BCUT2D eigenvalue weighted by atomic mass is 10.2. The number of nitro benzene ring substituents is 1. The number of benzene rings is 1. The van der Waals surface area contributed by atoms with Crippen molar-refractivity contribution in [3.05, 3.63) is 45.6 Å². The van der Waals surface area contributed by atoms with E-state index in [0.717, 1.165) is 4.63 Å². The van der Waals surface area contributed by atoms with Gasteiger partial charge in [0.15, 0.2) is 5.82 Å². The van der Waals surface area contributed by atoms with Crippen LogP contribution in [0.15, 0.2) is 24.3 Å². The molecular weight excluding hydrogens is 306 g/mol. The minimum absolute atomic E-state index is 0.0963. The number of nitro groups is 1. The van der Waals surface area contributed by atoms with E-state index in [9.17, 15) is 14.9 Å². The second-order valence-corrected chi connectivity index (χ2v) is 4.40. The number of hydrazine groups is 1. The molecule has 0 aliphatic carbocycles. The molecule has 0 unspecified atom stereocenters. The maximum atomic E-state index is 12.0. The molecule has 12 heteroatoms. The molecule has 116 valence electrons. The van der Waals surface area contributed by atoms with E-state index in [-0.39, 0.29) is 22.8 Å². The number of carbonyl (C=O) groups is 1. The first kappa shape index (κ1) is 14.2. The Morgan fingerprint density at radius 2 is 2.04 bits per heavy atom. The highest BCUT2D eigenvalue weighted by Crippen LogP contribution is 2.12.